The Labute approximate surface area is 261 Å². The van der Waals surface area contributed by atoms with Gasteiger partial charge in [-0.2, -0.15) is 10.4 Å². The highest BCUT2D eigenvalue weighted by molar-refractivity contribution is 6.12. The Balaban J connectivity index is 1.29. The number of carbonyl (C=O) groups excluding carboxylic acids is 1. The van der Waals surface area contributed by atoms with Crippen LogP contribution >= 0.6 is 0 Å². The third-order valence-electron chi connectivity index (χ3n) is 10.7. The number of piperazine rings is 1. The monoisotopic (exact) mass is 603 g/mol. The SMILES string of the molecule is CC(C)(C#N)C1CNc2c(C(=O)Nc3cnccc3N3CCN(C4COC4)CC3)c(N)nn2C12CCCCCCCCCC2. The first-order valence-corrected chi connectivity index (χ1v) is 16.7. The zero-order valence-corrected chi connectivity index (χ0v) is 26.5. The molecule has 44 heavy (non-hydrogen) atoms. The highest BCUT2D eigenvalue weighted by Crippen LogP contribution is 2.51. The Bertz CT molecular complexity index is 1340. The largest absolute Gasteiger partial charge is 0.381 e. The molecule has 2 saturated heterocycles. The van der Waals surface area contributed by atoms with Crippen molar-refractivity contribution in [2.75, 3.05) is 67.2 Å². The summed E-state index contributed by atoms with van der Waals surface area (Å²) in [6.45, 7) is 9.97. The van der Waals surface area contributed by atoms with E-state index in [9.17, 15) is 10.1 Å². The van der Waals surface area contributed by atoms with Crippen molar-refractivity contribution in [1.29, 1.82) is 5.26 Å². The molecule has 0 radical (unpaired) electrons. The van der Waals surface area contributed by atoms with Gasteiger partial charge in [0.2, 0.25) is 0 Å². The first kappa shape index (κ1) is 30.7. The molecule has 11 heteroatoms. The number of hydrogen-bond donors (Lipinski definition) is 3. The van der Waals surface area contributed by atoms with Gasteiger partial charge in [-0.05, 0) is 32.8 Å². The van der Waals surface area contributed by atoms with E-state index in [1.807, 2.05) is 24.6 Å². The fourth-order valence-corrected chi connectivity index (χ4v) is 8.00. The molecule has 3 fully saturated rings. The number of fused-ring (bicyclic) bond motifs is 2. The summed E-state index contributed by atoms with van der Waals surface area (Å²) in [5, 5.41) is 21.9. The van der Waals surface area contributed by atoms with Crippen molar-refractivity contribution in [3.63, 3.8) is 0 Å². The molecule has 11 nitrogen and oxygen atoms in total. The second kappa shape index (κ2) is 12.9. The number of nitrogens with zero attached hydrogens (tertiary/aromatic N) is 6. The maximum Gasteiger partial charge on any atom is 0.263 e. The summed E-state index contributed by atoms with van der Waals surface area (Å²) in [6.07, 6.45) is 14.9. The van der Waals surface area contributed by atoms with Gasteiger partial charge < -0.3 is 26.0 Å². The molecule has 1 spiro atoms. The van der Waals surface area contributed by atoms with Gasteiger partial charge >= 0.3 is 0 Å². The van der Waals surface area contributed by atoms with Crippen molar-refractivity contribution < 1.29 is 9.53 Å². The Morgan fingerprint density at radius 2 is 1.75 bits per heavy atom. The Kier molecular flexibility index (Phi) is 9.01. The lowest BCUT2D eigenvalue weighted by molar-refractivity contribution is -0.0660. The number of carbonyl (C=O) groups is 1. The molecule has 238 valence electrons. The topological polar surface area (TPSA) is 137 Å². The van der Waals surface area contributed by atoms with Crippen LogP contribution in [0.25, 0.3) is 0 Å². The van der Waals surface area contributed by atoms with Gasteiger partial charge in [-0.15, -0.1) is 0 Å². The van der Waals surface area contributed by atoms with Crippen molar-refractivity contribution in [2.24, 2.45) is 11.3 Å². The molecule has 1 atom stereocenters. The molecule has 1 amide bonds. The van der Waals surface area contributed by atoms with Crippen molar-refractivity contribution in [3.05, 3.63) is 24.0 Å². The van der Waals surface area contributed by atoms with Crippen LogP contribution in [0.2, 0.25) is 0 Å². The molecule has 0 aromatic carbocycles. The van der Waals surface area contributed by atoms with E-state index >= 15 is 0 Å². The number of anilines is 4. The van der Waals surface area contributed by atoms with Crippen LogP contribution in [0.5, 0.6) is 0 Å². The van der Waals surface area contributed by atoms with Crippen molar-refractivity contribution in [2.45, 2.75) is 89.6 Å². The van der Waals surface area contributed by atoms with E-state index in [2.05, 4.69) is 31.5 Å². The number of nitriles is 1. The van der Waals surface area contributed by atoms with Gasteiger partial charge in [0, 0.05) is 44.8 Å². The molecule has 3 aliphatic heterocycles. The molecular weight excluding hydrogens is 554 g/mol. The molecule has 2 aromatic rings. The Morgan fingerprint density at radius 1 is 1.09 bits per heavy atom. The lowest BCUT2D eigenvalue weighted by Gasteiger charge is -2.50. The fourth-order valence-electron chi connectivity index (χ4n) is 8.00. The van der Waals surface area contributed by atoms with E-state index in [0.717, 1.165) is 70.8 Å². The smallest absolute Gasteiger partial charge is 0.263 e. The first-order valence-electron chi connectivity index (χ1n) is 16.7. The summed E-state index contributed by atoms with van der Waals surface area (Å²) in [4.78, 5) is 23.2. The zero-order valence-electron chi connectivity index (χ0n) is 26.5. The number of hydrogen-bond acceptors (Lipinski definition) is 9. The molecule has 1 aliphatic carbocycles. The maximum atomic E-state index is 14.1. The number of nitrogens with two attached hydrogens (primary N) is 1. The molecule has 1 saturated carbocycles. The number of nitrogen functional groups attached to an aromatic ring is 1. The second-order valence-electron chi connectivity index (χ2n) is 13.8. The lowest BCUT2D eigenvalue weighted by atomic mass is 9.64. The molecule has 1 unspecified atom stereocenters. The van der Waals surface area contributed by atoms with Gasteiger partial charge in [-0.25, -0.2) is 4.68 Å². The summed E-state index contributed by atoms with van der Waals surface area (Å²) in [5.41, 5.74) is 7.64. The first-order chi connectivity index (χ1) is 21.3. The summed E-state index contributed by atoms with van der Waals surface area (Å²) < 4.78 is 7.42. The average molecular weight is 604 g/mol. The minimum atomic E-state index is -0.575. The van der Waals surface area contributed by atoms with Crippen LogP contribution in [0.4, 0.5) is 23.0 Å². The number of rotatable bonds is 5. The summed E-state index contributed by atoms with van der Waals surface area (Å²) in [6, 6.07) is 5.10. The summed E-state index contributed by atoms with van der Waals surface area (Å²) in [7, 11) is 0. The minimum Gasteiger partial charge on any atom is -0.381 e. The van der Waals surface area contributed by atoms with Crippen molar-refractivity contribution >= 4 is 28.9 Å². The van der Waals surface area contributed by atoms with Crippen molar-refractivity contribution in [3.8, 4) is 6.07 Å². The van der Waals surface area contributed by atoms with Crippen LogP contribution in [-0.4, -0.2) is 77.6 Å². The summed E-state index contributed by atoms with van der Waals surface area (Å²) >= 11 is 0. The average Bonchev–Trinajstić information content (AvgIpc) is 3.32. The summed E-state index contributed by atoms with van der Waals surface area (Å²) in [5.74, 6) is 0.622. The van der Waals surface area contributed by atoms with Gasteiger partial charge in [-0.3, -0.25) is 14.7 Å². The Morgan fingerprint density at radius 3 is 2.36 bits per heavy atom. The highest BCUT2D eigenvalue weighted by Gasteiger charge is 2.52. The number of ether oxygens (including phenoxy) is 1. The molecule has 6 rings (SSSR count). The quantitative estimate of drug-likeness (QED) is 0.439. The van der Waals surface area contributed by atoms with Gasteiger partial charge in [0.15, 0.2) is 5.82 Å². The van der Waals surface area contributed by atoms with E-state index in [-0.39, 0.29) is 23.2 Å². The molecule has 5 heterocycles. The van der Waals surface area contributed by atoms with E-state index in [1.165, 1.54) is 38.5 Å². The van der Waals surface area contributed by atoms with Crippen LogP contribution in [0, 0.1) is 22.7 Å². The van der Waals surface area contributed by atoms with E-state index in [1.54, 1.807) is 12.4 Å². The normalized spacial score (nSPS) is 23.5. The fraction of sp³-hybridized carbons (Fsp3) is 0.697. The number of amides is 1. The number of pyridine rings is 1. The van der Waals surface area contributed by atoms with Crippen molar-refractivity contribution in [1.82, 2.24) is 19.7 Å². The standard InChI is InChI=1S/C33H49N9O2/c1-32(2,23-34)27-20-37-30-28(29(35)39-42(30)33(27)12-9-7-5-3-4-6-8-10-13-33)31(43)38-25-19-36-14-11-26(25)41-17-15-40(16-18-41)24-21-44-22-24/h11,14,19,24,27,37H,3-10,12-13,15-18,20-22H2,1-2H3,(H2,35,39)(H,38,43). The lowest BCUT2D eigenvalue weighted by Crippen LogP contribution is -2.56. The maximum absolute atomic E-state index is 14.1. The van der Waals surface area contributed by atoms with E-state index in [4.69, 9.17) is 15.6 Å². The third-order valence-corrected chi connectivity index (χ3v) is 10.7. The van der Waals surface area contributed by atoms with E-state index < -0.39 is 5.41 Å². The predicted molar refractivity (Wildman–Crippen MR) is 173 cm³/mol. The zero-order chi connectivity index (χ0) is 30.7. The van der Waals surface area contributed by atoms with Crippen LogP contribution in [-0.2, 0) is 10.3 Å². The third kappa shape index (κ3) is 5.86. The van der Waals surface area contributed by atoms with Gasteiger partial charge in [0.05, 0.1) is 53.9 Å². The number of aromatic nitrogens is 3. The predicted octanol–water partition coefficient (Wildman–Crippen LogP) is 4.83. The molecule has 4 N–H and O–H groups in total. The van der Waals surface area contributed by atoms with Crippen LogP contribution in [0.3, 0.4) is 0 Å². The van der Waals surface area contributed by atoms with Gasteiger partial charge in [-0.1, -0.05) is 51.4 Å². The molecule has 2 aromatic heterocycles. The van der Waals surface area contributed by atoms with Crippen LogP contribution in [0.1, 0.15) is 88.4 Å². The molecule has 4 aliphatic rings. The van der Waals surface area contributed by atoms with Crippen LogP contribution < -0.4 is 21.3 Å². The highest BCUT2D eigenvalue weighted by atomic mass is 16.5. The Hall–Kier alpha value is -3.36. The minimum absolute atomic E-state index is 0.0264. The number of nitrogens with one attached hydrogen (secondary N) is 2. The van der Waals surface area contributed by atoms with Crippen LogP contribution in [0.15, 0.2) is 18.5 Å². The van der Waals surface area contributed by atoms with Gasteiger partial charge in [0.1, 0.15) is 11.4 Å². The molecule has 0 bridgehead atoms. The van der Waals surface area contributed by atoms with Gasteiger partial charge in [0.25, 0.3) is 5.91 Å². The van der Waals surface area contributed by atoms with E-state index in [0.29, 0.717) is 29.7 Å². The second-order valence-corrected chi connectivity index (χ2v) is 13.8. The molecular formula is C33H49N9O2.